The van der Waals surface area contributed by atoms with Crippen LogP contribution in [-0.2, 0) is 15.9 Å². The van der Waals surface area contributed by atoms with Crippen LogP contribution in [-0.4, -0.2) is 38.7 Å². The summed E-state index contributed by atoms with van der Waals surface area (Å²) < 4.78 is 20.7. The molecule has 2 rings (SSSR count). The lowest BCUT2D eigenvalue weighted by Crippen LogP contribution is -2.02. The average Bonchev–Trinajstić information content (AvgIpc) is 2.73. The van der Waals surface area contributed by atoms with E-state index in [1.54, 1.807) is 19.3 Å². The maximum Gasteiger partial charge on any atom is 0.189 e. The third-order valence-corrected chi connectivity index (χ3v) is 4.15. The molecule has 2 aromatic rings. The fraction of sp³-hybridized carbons (Fsp3) is 0.292. The van der Waals surface area contributed by atoms with Crippen LogP contribution in [0.5, 0.6) is 17.2 Å². The van der Waals surface area contributed by atoms with Crippen molar-refractivity contribution in [1.29, 1.82) is 0 Å². The lowest BCUT2D eigenvalue weighted by atomic mass is 10.0. The molecule has 0 aliphatic heterocycles. The minimum absolute atomic E-state index is 0.0613. The van der Waals surface area contributed by atoms with Crippen molar-refractivity contribution in [2.75, 3.05) is 27.8 Å². The van der Waals surface area contributed by atoms with Gasteiger partial charge in [-0.05, 0) is 61.7 Å². The molecule has 6 nitrogen and oxygen atoms in total. The fourth-order valence-corrected chi connectivity index (χ4v) is 2.64. The summed E-state index contributed by atoms with van der Waals surface area (Å²) >= 11 is 0. The van der Waals surface area contributed by atoms with Gasteiger partial charge in [0, 0.05) is 20.3 Å². The summed E-state index contributed by atoms with van der Waals surface area (Å²) in [6.45, 7) is 4.30. The number of carbonyl (C=O) groups is 1. The fourth-order valence-electron chi connectivity index (χ4n) is 2.64. The molecular weight excluding hydrogens is 384 g/mol. The van der Waals surface area contributed by atoms with Crippen LogP contribution in [0.25, 0.3) is 6.08 Å². The first kappa shape index (κ1) is 23.2. The van der Waals surface area contributed by atoms with Gasteiger partial charge in [-0.3, -0.25) is 4.79 Å². The first-order chi connectivity index (χ1) is 14.4. The van der Waals surface area contributed by atoms with E-state index in [2.05, 4.69) is 6.08 Å². The summed E-state index contributed by atoms with van der Waals surface area (Å²) in [6, 6.07) is 10.2. The lowest BCUT2D eigenvalue weighted by molar-refractivity contribution is 0.0504. The number of hydrogen-bond donors (Lipinski definition) is 1. The number of benzene rings is 2. The van der Waals surface area contributed by atoms with Crippen molar-refractivity contribution < 1.29 is 28.8 Å². The van der Waals surface area contributed by atoms with Crippen LogP contribution in [0, 0.1) is 0 Å². The Hall–Kier alpha value is -3.09. The van der Waals surface area contributed by atoms with Crippen LogP contribution in [0.4, 0.5) is 0 Å². The largest absolute Gasteiger partial charge is 0.507 e. The molecule has 0 heterocycles. The van der Waals surface area contributed by atoms with Gasteiger partial charge in [-0.25, -0.2) is 0 Å². The predicted octanol–water partition coefficient (Wildman–Crippen LogP) is 4.76. The van der Waals surface area contributed by atoms with Gasteiger partial charge in [0.2, 0.25) is 0 Å². The van der Waals surface area contributed by atoms with E-state index in [1.165, 1.54) is 30.9 Å². The lowest BCUT2D eigenvalue weighted by Gasteiger charge is -2.11. The van der Waals surface area contributed by atoms with Crippen LogP contribution in [0.3, 0.4) is 0 Å². The minimum Gasteiger partial charge on any atom is -0.507 e. The van der Waals surface area contributed by atoms with Gasteiger partial charge in [-0.1, -0.05) is 23.8 Å². The van der Waals surface area contributed by atoms with E-state index < -0.39 is 0 Å². The average molecular weight is 412 g/mol. The number of ketones is 1. The Labute approximate surface area is 177 Å². The molecule has 2 aromatic carbocycles. The van der Waals surface area contributed by atoms with Crippen molar-refractivity contribution in [3.8, 4) is 17.2 Å². The highest BCUT2D eigenvalue weighted by Crippen LogP contribution is 2.26. The SMILES string of the molecule is COCOc1ccc(C(=O)C=Cc2ccc(OCOC)c(CC=C(C)C)c2)c(O)c1. The highest BCUT2D eigenvalue weighted by Gasteiger charge is 2.10. The maximum absolute atomic E-state index is 12.5. The second-order valence-corrected chi connectivity index (χ2v) is 6.83. The van der Waals surface area contributed by atoms with Crippen molar-refractivity contribution in [2.45, 2.75) is 20.3 Å². The molecule has 6 heteroatoms. The highest BCUT2D eigenvalue weighted by molar-refractivity contribution is 6.08. The number of phenolic OH excluding ortho intramolecular Hbond substituents is 1. The van der Waals surface area contributed by atoms with E-state index in [9.17, 15) is 9.90 Å². The zero-order valence-corrected chi connectivity index (χ0v) is 17.8. The van der Waals surface area contributed by atoms with Gasteiger partial charge < -0.3 is 24.1 Å². The van der Waals surface area contributed by atoms with Crippen molar-refractivity contribution in [3.63, 3.8) is 0 Å². The monoisotopic (exact) mass is 412 g/mol. The molecular formula is C24H28O6. The summed E-state index contributed by atoms with van der Waals surface area (Å²) in [7, 11) is 3.08. The van der Waals surface area contributed by atoms with Crippen molar-refractivity contribution in [3.05, 3.63) is 70.8 Å². The van der Waals surface area contributed by atoms with E-state index >= 15 is 0 Å². The Bertz CT molecular complexity index is 910. The zero-order valence-electron chi connectivity index (χ0n) is 17.8. The normalized spacial score (nSPS) is 10.8. The Morgan fingerprint density at radius 2 is 1.73 bits per heavy atom. The number of hydrogen-bond acceptors (Lipinski definition) is 6. The number of aromatic hydroxyl groups is 1. The van der Waals surface area contributed by atoms with E-state index in [1.807, 2.05) is 32.0 Å². The topological polar surface area (TPSA) is 74.2 Å². The van der Waals surface area contributed by atoms with Gasteiger partial charge in [0.25, 0.3) is 0 Å². The summed E-state index contributed by atoms with van der Waals surface area (Å²) in [5.41, 5.74) is 3.24. The molecule has 0 radical (unpaired) electrons. The Morgan fingerprint density at radius 3 is 2.40 bits per heavy atom. The van der Waals surface area contributed by atoms with E-state index in [0.717, 1.165) is 16.9 Å². The maximum atomic E-state index is 12.5. The molecule has 0 spiro atoms. The standard InChI is InChI=1S/C24H28O6/c1-17(2)5-8-19-13-18(7-12-24(19)30-16-28-4)6-11-22(25)21-10-9-20(14-23(21)26)29-15-27-3/h5-7,9-14,26H,8,15-16H2,1-4H3. The van der Waals surface area contributed by atoms with E-state index in [-0.39, 0.29) is 30.7 Å². The molecule has 160 valence electrons. The number of phenols is 1. The number of ether oxygens (including phenoxy) is 4. The molecule has 0 unspecified atom stereocenters. The molecule has 0 fully saturated rings. The number of carbonyl (C=O) groups excluding carboxylic acids is 1. The third-order valence-electron chi connectivity index (χ3n) is 4.15. The Morgan fingerprint density at radius 1 is 1.00 bits per heavy atom. The first-order valence-corrected chi connectivity index (χ1v) is 9.49. The molecule has 0 aliphatic carbocycles. The number of rotatable bonds is 11. The highest BCUT2D eigenvalue weighted by atomic mass is 16.7. The Kier molecular flexibility index (Phi) is 9.12. The summed E-state index contributed by atoms with van der Waals surface area (Å²) in [4.78, 5) is 12.5. The second-order valence-electron chi connectivity index (χ2n) is 6.83. The molecule has 0 aliphatic rings. The molecule has 0 amide bonds. The molecule has 0 bridgehead atoms. The van der Waals surface area contributed by atoms with Crippen LogP contribution >= 0.6 is 0 Å². The van der Waals surface area contributed by atoms with Crippen LogP contribution in [0.15, 0.2) is 54.1 Å². The molecule has 30 heavy (non-hydrogen) atoms. The van der Waals surface area contributed by atoms with Gasteiger partial charge in [0.1, 0.15) is 17.2 Å². The van der Waals surface area contributed by atoms with Crippen molar-refractivity contribution in [1.82, 2.24) is 0 Å². The van der Waals surface area contributed by atoms with Gasteiger partial charge in [0.15, 0.2) is 19.4 Å². The van der Waals surface area contributed by atoms with Crippen LogP contribution in [0.2, 0.25) is 0 Å². The molecule has 0 saturated carbocycles. The van der Waals surface area contributed by atoms with Crippen molar-refractivity contribution >= 4 is 11.9 Å². The smallest absolute Gasteiger partial charge is 0.189 e. The van der Waals surface area contributed by atoms with Crippen molar-refractivity contribution in [2.24, 2.45) is 0 Å². The Balaban J connectivity index is 2.18. The predicted molar refractivity (Wildman–Crippen MR) is 116 cm³/mol. The second kappa shape index (κ2) is 11.8. The number of allylic oxidation sites excluding steroid dienone is 3. The van der Waals surface area contributed by atoms with Gasteiger partial charge in [-0.15, -0.1) is 0 Å². The molecule has 1 N–H and O–H groups in total. The van der Waals surface area contributed by atoms with E-state index in [4.69, 9.17) is 18.9 Å². The van der Waals surface area contributed by atoms with Gasteiger partial charge in [0.05, 0.1) is 5.56 Å². The van der Waals surface area contributed by atoms with Crippen LogP contribution in [0.1, 0.15) is 35.3 Å². The molecule has 0 saturated heterocycles. The summed E-state index contributed by atoms with van der Waals surface area (Å²) in [5.74, 6) is 0.703. The quantitative estimate of drug-likeness (QED) is 0.248. The molecule has 0 aromatic heterocycles. The third kappa shape index (κ3) is 7.06. The number of methoxy groups -OCH3 is 2. The zero-order chi connectivity index (χ0) is 21.9. The molecule has 0 atom stereocenters. The summed E-state index contributed by atoms with van der Waals surface area (Å²) in [5, 5.41) is 10.1. The first-order valence-electron chi connectivity index (χ1n) is 9.49. The summed E-state index contributed by atoms with van der Waals surface area (Å²) in [6.07, 6.45) is 5.96. The minimum atomic E-state index is -0.309. The van der Waals surface area contributed by atoms with E-state index in [0.29, 0.717) is 12.2 Å². The van der Waals surface area contributed by atoms with Crippen LogP contribution < -0.4 is 9.47 Å². The van der Waals surface area contributed by atoms with Gasteiger partial charge >= 0.3 is 0 Å². The van der Waals surface area contributed by atoms with Gasteiger partial charge in [-0.2, -0.15) is 0 Å².